The zero-order valence-corrected chi connectivity index (χ0v) is 8.99. The van der Waals surface area contributed by atoms with Crippen molar-refractivity contribution < 1.29 is 14.6 Å². The van der Waals surface area contributed by atoms with Crippen LogP contribution < -0.4 is 5.73 Å². The maximum Gasteiger partial charge on any atom is 0.165 e. The third-order valence-corrected chi connectivity index (χ3v) is 3.37. The van der Waals surface area contributed by atoms with Crippen LogP contribution in [0.1, 0.15) is 31.2 Å². The molecular weight excluding hydrogens is 209 g/mol. The van der Waals surface area contributed by atoms with E-state index in [1.54, 1.807) is 6.07 Å². The summed E-state index contributed by atoms with van der Waals surface area (Å²) in [6.07, 6.45) is 2.26. The van der Waals surface area contributed by atoms with Crippen LogP contribution in [0.15, 0.2) is 18.2 Å². The van der Waals surface area contributed by atoms with Gasteiger partial charge in [0.1, 0.15) is 0 Å². The predicted molar refractivity (Wildman–Crippen MR) is 58.4 cm³/mol. The fraction of sp³-hybridized carbons (Fsp3) is 0.500. The first-order valence-corrected chi connectivity index (χ1v) is 5.47. The minimum atomic E-state index is -0.645. The molecule has 4 N–H and O–H groups in total. The quantitative estimate of drug-likeness (QED) is 0.680. The summed E-state index contributed by atoms with van der Waals surface area (Å²) in [5, 5.41) is 18.5. The van der Waals surface area contributed by atoms with Crippen molar-refractivity contribution in [2.45, 2.75) is 37.3 Å². The Morgan fingerprint density at radius 2 is 1.94 bits per heavy atom. The molecule has 88 valence electrons. The summed E-state index contributed by atoms with van der Waals surface area (Å²) in [7, 11) is 0. The van der Waals surface area contributed by atoms with Crippen molar-refractivity contribution in [2.24, 2.45) is 5.73 Å². The van der Waals surface area contributed by atoms with E-state index in [0.29, 0.717) is 31.2 Å². The zero-order chi connectivity index (χ0) is 11.8. The molecule has 1 aliphatic rings. The van der Waals surface area contributed by atoms with Gasteiger partial charge in [0.25, 0.3) is 0 Å². The van der Waals surface area contributed by atoms with E-state index in [0.717, 1.165) is 0 Å². The van der Waals surface area contributed by atoms with Crippen molar-refractivity contribution in [3.8, 4) is 5.75 Å². The number of phenols is 1. The summed E-state index contributed by atoms with van der Waals surface area (Å²) in [5.41, 5.74) is 6.32. The summed E-state index contributed by atoms with van der Waals surface area (Å²) in [6.45, 7) is 0. The first kappa shape index (κ1) is 11.4. The molecule has 16 heavy (non-hydrogen) atoms. The number of benzene rings is 1. The molecule has 0 saturated heterocycles. The van der Waals surface area contributed by atoms with E-state index < -0.39 is 11.4 Å². The van der Waals surface area contributed by atoms with Crippen molar-refractivity contribution in [3.63, 3.8) is 0 Å². The average molecular weight is 225 g/mol. The number of halogens is 1. The van der Waals surface area contributed by atoms with E-state index in [2.05, 4.69) is 0 Å². The number of aliphatic hydroxyl groups excluding tert-OH is 1. The van der Waals surface area contributed by atoms with Gasteiger partial charge in [0.15, 0.2) is 11.6 Å². The molecule has 0 heterocycles. The molecule has 0 aliphatic heterocycles. The Hall–Kier alpha value is -1.13. The SMILES string of the molecule is NC1(c2ccc(O)c(F)c2)CCC(O)CC1. The second-order valence-corrected chi connectivity index (χ2v) is 4.55. The maximum atomic E-state index is 13.2. The van der Waals surface area contributed by atoms with Gasteiger partial charge in [-0.15, -0.1) is 0 Å². The molecule has 0 aromatic heterocycles. The Kier molecular flexibility index (Phi) is 2.86. The van der Waals surface area contributed by atoms with Crippen LogP contribution in [0.25, 0.3) is 0 Å². The number of aliphatic hydroxyl groups is 1. The summed E-state index contributed by atoms with van der Waals surface area (Å²) >= 11 is 0. The molecular formula is C12H16FNO2. The smallest absolute Gasteiger partial charge is 0.165 e. The molecule has 4 heteroatoms. The van der Waals surface area contributed by atoms with Crippen molar-refractivity contribution in [1.29, 1.82) is 0 Å². The van der Waals surface area contributed by atoms with Crippen LogP contribution in [0.3, 0.4) is 0 Å². The molecule has 1 aromatic carbocycles. The van der Waals surface area contributed by atoms with E-state index in [9.17, 15) is 9.50 Å². The second-order valence-electron chi connectivity index (χ2n) is 4.55. The van der Waals surface area contributed by atoms with Gasteiger partial charge in [0.05, 0.1) is 6.10 Å². The molecule has 2 rings (SSSR count). The third-order valence-electron chi connectivity index (χ3n) is 3.37. The number of hydrogen-bond donors (Lipinski definition) is 3. The fourth-order valence-electron chi connectivity index (χ4n) is 2.22. The molecule has 1 fully saturated rings. The largest absolute Gasteiger partial charge is 0.505 e. The molecule has 0 radical (unpaired) electrons. The lowest BCUT2D eigenvalue weighted by molar-refractivity contribution is 0.0968. The van der Waals surface area contributed by atoms with Gasteiger partial charge < -0.3 is 15.9 Å². The topological polar surface area (TPSA) is 66.5 Å². The standard InChI is InChI=1S/C12H16FNO2/c13-10-7-8(1-2-11(10)16)12(14)5-3-9(15)4-6-12/h1-2,7,9,15-16H,3-6,14H2. The summed E-state index contributed by atoms with van der Waals surface area (Å²) < 4.78 is 13.2. The van der Waals surface area contributed by atoms with Gasteiger partial charge in [-0.05, 0) is 43.4 Å². The molecule has 1 saturated carbocycles. The zero-order valence-electron chi connectivity index (χ0n) is 8.99. The predicted octanol–water partition coefficient (Wildman–Crippen LogP) is 1.62. The third kappa shape index (κ3) is 2.03. The molecule has 0 amide bonds. The molecule has 1 aromatic rings. The minimum absolute atomic E-state index is 0.293. The van der Waals surface area contributed by atoms with Crippen molar-refractivity contribution in [2.75, 3.05) is 0 Å². The highest BCUT2D eigenvalue weighted by Gasteiger charge is 2.32. The van der Waals surface area contributed by atoms with E-state index >= 15 is 0 Å². The van der Waals surface area contributed by atoms with E-state index in [-0.39, 0.29) is 11.9 Å². The van der Waals surface area contributed by atoms with Gasteiger partial charge in [0, 0.05) is 5.54 Å². The minimum Gasteiger partial charge on any atom is -0.505 e. The van der Waals surface area contributed by atoms with Crippen LogP contribution in [0.4, 0.5) is 4.39 Å². The van der Waals surface area contributed by atoms with Crippen LogP contribution in [-0.4, -0.2) is 16.3 Å². The van der Waals surface area contributed by atoms with E-state index in [4.69, 9.17) is 10.8 Å². The maximum absolute atomic E-state index is 13.2. The number of hydrogen-bond acceptors (Lipinski definition) is 3. The Labute approximate surface area is 93.7 Å². The van der Waals surface area contributed by atoms with Gasteiger partial charge in [-0.25, -0.2) is 4.39 Å². The van der Waals surface area contributed by atoms with Gasteiger partial charge in [-0.1, -0.05) is 6.07 Å². The first-order chi connectivity index (χ1) is 7.51. The average Bonchev–Trinajstić information content (AvgIpc) is 2.26. The highest BCUT2D eigenvalue weighted by atomic mass is 19.1. The number of phenolic OH excluding ortho intramolecular Hbond substituents is 1. The van der Waals surface area contributed by atoms with E-state index in [1.165, 1.54) is 12.1 Å². The fourth-order valence-corrected chi connectivity index (χ4v) is 2.22. The number of nitrogens with two attached hydrogens (primary N) is 1. The summed E-state index contributed by atoms with van der Waals surface area (Å²) in [5.74, 6) is -1.00. The van der Waals surface area contributed by atoms with Gasteiger partial charge in [-0.3, -0.25) is 0 Å². The Balaban J connectivity index is 2.25. The van der Waals surface area contributed by atoms with Crippen molar-refractivity contribution in [3.05, 3.63) is 29.6 Å². The lowest BCUT2D eigenvalue weighted by Gasteiger charge is -2.36. The van der Waals surface area contributed by atoms with Crippen LogP contribution >= 0.6 is 0 Å². The lowest BCUT2D eigenvalue weighted by atomic mass is 9.76. The Bertz CT molecular complexity index is 387. The molecule has 0 atom stereocenters. The molecule has 1 aliphatic carbocycles. The molecule has 0 unspecified atom stereocenters. The highest BCUT2D eigenvalue weighted by Crippen LogP contribution is 2.36. The summed E-state index contributed by atoms with van der Waals surface area (Å²) in [4.78, 5) is 0. The summed E-state index contributed by atoms with van der Waals surface area (Å²) in [6, 6.07) is 4.26. The van der Waals surface area contributed by atoms with Gasteiger partial charge in [0.2, 0.25) is 0 Å². The monoisotopic (exact) mass is 225 g/mol. The van der Waals surface area contributed by atoms with Crippen molar-refractivity contribution in [1.82, 2.24) is 0 Å². The normalized spacial score (nSPS) is 30.3. The lowest BCUT2D eigenvalue weighted by Crippen LogP contribution is -2.41. The van der Waals surface area contributed by atoms with Crippen LogP contribution in [0.2, 0.25) is 0 Å². The first-order valence-electron chi connectivity index (χ1n) is 5.47. The van der Waals surface area contributed by atoms with Crippen LogP contribution in [0.5, 0.6) is 5.75 Å². The highest BCUT2D eigenvalue weighted by molar-refractivity contribution is 5.32. The number of rotatable bonds is 1. The number of aromatic hydroxyl groups is 1. The van der Waals surface area contributed by atoms with E-state index in [1.807, 2.05) is 0 Å². The van der Waals surface area contributed by atoms with Gasteiger partial charge >= 0.3 is 0 Å². The second kappa shape index (κ2) is 4.03. The molecule has 0 bridgehead atoms. The Morgan fingerprint density at radius 1 is 1.31 bits per heavy atom. The van der Waals surface area contributed by atoms with Crippen molar-refractivity contribution >= 4 is 0 Å². The molecule has 0 spiro atoms. The molecule has 3 nitrogen and oxygen atoms in total. The van der Waals surface area contributed by atoms with Crippen LogP contribution in [0, 0.1) is 5.82 Å². The van der Waals surface area contributed by atoms with Gasteiger partial charge in [-0.2, -0.15) is 0 Å². The van der Waals surface area contributed by atoms with Crippen LogP contribution in [-0.2, 0) is 5.54 Å². The Morgan fingerprint density at radius 3 is 2.50 bits per heavy atom.